The number of likely N-dealkylation sites (tertiary alicyclic amines) is 1. The first-order valence-electron chi connectivity index (χ1n) is 8.88. The number of benzene rings is 1. The second-order valence-electron chi connectivity index (χ2n) is 6.65. The molecular formula is C18H20BN2O8+. The van der Waals surface area contributed by atoms with Crippen molar-refractivity contribution < 1.29 is 44.5 Å². The number of aryl methyl sites for hydroxylation is 1. The number of aromatic carboxylic acids is 1. The third kappa shape index (κ3) is 4.41. The fourth-order valence-electron chi connectivity index (χ4n) is 3.03. The minimum Gasteiger partial charge on any atom is -0.507 e. The number of nitrogens with zero attached hydrogens (tertiary/aromatic N) is 2. The van der Waals surface area contributed by atoms with Gasteiger partial charge in [-0.05, 0) is 30.4 Å². The summed E-state index contributed by atoms with van der Waals surface area (Å²) in [5.74, 6) is -2.32. The summed E-state index contributed by atoms with van der Waals surface area (Å²) in [4.78, 5) is 25.4. The van der Waals surface area contributed by atoms with Gasteiger partial charge in [0.05, 0.1) is 13.1 Å². The summed E-state index contributed by atoms with van der Waals surface area (Å²) in [5.41, 5.74) is -0.0777. The van der Waals surface area contributed by atoms with Crippen LogP contribution in [0.1, 0.15) is 26.4 Å². The van der Waals surface area contributed by atoms with E-state index in [1.165, 1.54) is 29.3 Å². The molecule has 0 radical (unpaired) electrons. The average molecular weight is 403 g/mol. The van der Waals surface area contributed by atoms with Gasteiger partial charge in [0, 0.05) is 16.9 Å². The van der Waals surface area contributed by atoms with Gasteiger partial charge in [0.1, 0.15) is 23.2 Å². The topological polar surface area (TPSA) is 152 Å². The molecule has 1 aliphatic heterocycles. The average Bonchev–Trinajstić information content (AvgIpc) is 2.63. The number of amides is 1. The molecule has 1 aliphatic rings. The molecule has 0 unspecified atom stereocenters. The van der Waals surface area contributed by atoms with Gasteiger partial charge in [-0.15, -0.1) is 0 Å². The van der Waals surface area contributed by atoms with E-state index in [1.807, 2.05) is 0 Å². The molecule has 152 valence electrons. The first kappa shape index (κ1) is 20.4. The molecule has 29 heavy (non-hydrogen) atoms. The van der Waals surface area contributed by atoms with Gasteiger partial charge in [-0.25, -0.2) is 4.79 Å². The predicted molar refractivity (Wildman–Crippen MR) is 97.9 cm³/mol. The number of phenols is 1. The molecule has 0 bridgehead atoms. The Kier molecular flexibility index (Phi) is 5.90. The molecule has 5 N–H and O–H groups in total. The standard InChI is InChI=1S/C18H19BN2O8/c22-16-11(6-7-19(26)27)4-5-14(15(16)18(24)25)29-12-9-20(10-12)17(23)13-3-1-2-8-21(13)28/h1-5,8,12,26-27H,6-7,9-10H2,(H2-,22,23,24,25,28)/p+1. The van der Waals surface area contributed by atoms with E-state index < -0.39 is 36.4 Å². The van der Waals surface area contributed by atoms with Gasteiger partial charge in [-0.2, -0.15) is 0 Å². The molecule has 2 aromatic rings. The summed E-state index contributed by atoms with van der Waals surface area (Å²) >= 11 is 0. The smallest absolute Gasteiger partial charge is 0.451 e. The zero-order valence-electron chi connectivity index (χ0n) is 15.3. The van der Waals surface area contributed by atoms with E-state index >= 15 is 0 Å². The summed E-state index contributed by atoms with van der Waals surface area (Å²) in [6.45, 7) is 0.373. The van der Waals surface area contributed by atoms with Crippen LogP contribution in [0.4, 0.5) is 0 Å². The Morgan fingerprint density at radius 1 is 1.21 bits per heavy atom. The number of ether oxygens (including phenoxy) is 1. The summed E-state index contributed by atoms with van der Waals surface area (Å²) in [5, 5.41) is 47.3. The lowest BCUT2D eigenvalue weighted by molar-refractivity contribution is -0.906. The van der Waals surface area contributed by atoms with Crippen molar-refractivity contribution in [2.24, 2.45) is 0 Å². The number of carboxylic acid groups (broad SMARTS) is 1. The van der Waals surface area contributed by atoms with Gasteiger partial charge in [-0.3, -0.25) is 10.0 Å². The molecule has 1 saturated heterocycles. The van der Waals surface area contributed by atoms with Gasteiger partial charge in [0.2, 0.25) is 6.20 Å². The van der Waals surface area contributed by atoms with Crippen LogP contribution in [-0.4, -0.2) is 68.6 Å². The van der Waals surface area contributed by atoms with E-state index in [1.54, 1.807) is 12.1 Å². The van der Waals surface area contributed by atoms with Crippen molar-refractivity contribution in [1.29, 1.82) is 0 Å². The molecule has 0 aliphatic carbocycles. The Morgan fingerprint density at radius 2 is 1.93 bits per heavy atom. The molecule has 0 atom stereocenters. The van der Waals surface area contributed by atoms with Crippen molar-refractivity contribution in [3.05, 3.63) is 53.3 Å². The number of rotatable bonds is 7. The molecule has 1 aromatic carbocycles. The quantitative estimate of drug-likeness (QED) is 0.237. The lowest BCUT2D eigenvalue weighted by Crippen LogP contribution is -2.58. The molecular weight excluding hydrogens is 383 g/mol. The SMILES string of the molecule is O=C(O)c1c(OC2CN(C(=O)c3cccc[n+]3O)C2)ccc(CCB(O)O)c1O. The van der Waals surface area contributed by atoms with Gasteiger partial charge in [-0.1, -0.05) is 6.07 Å². The van der Waals surface area contributed by atoms with Crippen LogP contribution in [0.2, 0.25) is 6.32 Å². The molecule has 10 nitrogen and oxygen atoms in total. The normalized spacial score (nSPS) is 13.7. The summed E-state index contributed by atoms with van der Waals surface area (Å²) in [7, 11) is -1.57. The molecule has 1 fully saturated rings. The highest BCUT2D eigenvalue weighted by molar-refractivity contribution is 6.41. The number of hydrogen-bond donors (Lipinski definition) is 5. The van der Waals surface area contributed by atoms with Gasteiger partial charge in [0.15, 0.2) is 0 Å². The molecule has 2 heterocycles. The fraction of sp³-hybridized carbons (Fsp3) is 0.278. The number of carbonyl (C=O) groups is 2. The van der Waals surface area contributed by atoms with E-state index in [4.69, 9.17) is 14.8 Å². The first-order chi connectivity index (χ1) is 13.8. The monoisotopic (exact) mass is 403 g/mol. The van der Waals surface area contributed by atoms with Crippen LogP contribution >= 0.6 is 0 Å². The van der Waals surface area contributed by atoms with E-state index in [0.29, 0.717) is 0 Å². The van der Waals surface area contributed by atoms with Crippen LogP contribution in [-0.2, 0) is 6.42 Å². The van der Waals surface area contributed by atoms with Gasteiger partial charge in [0.25, 0.3) is 0 Å². The molecule has 0 saturated carbocycles. The Bertz CT molecular complexity index is 930. The van der Waals surface area contributed by atoms with Crippen LogP contribution in [0, 0.1) is 0 Å². The maximum Gasteiger partial charge on any atom is 0.451 e. The number of pyridine rings is 1. The van der Waals surface area contributed by atoms with Gasteiger partial charge >= 0.3 is 24.7 Å². The first-order valence-corrected chi connectivity index (χ1v) is 8.88. The lowest BCUT2D eigenvalue weighted by Gasteiger charge is -2.38. The van der Waals surface area contributed by atoms with E-state index in [0.717, 1.165) is 4.73 Å². The highest BCUT2D eigenvalue weighted by atomic mass is 16.5. The third-order valence-corrected chi connectivity index (χ3v) is 4.60. The van der Waals surface area contributed by atoms with Crippen molar-refractivity contribution in [3.8, 4) is 11.5 Å². The second kappa shape index (κ2) is 8.37. The van der Waals surface area contributed by atoms with Gasteiger partial charge < -0.3 is 29.9 Å². The summed E-state index contributed by atoms with van der Waals surface area (Å²) in [6.07, 6.45) is 0.878. The van der Waals surface area contributed by atoms with E-state index in [9.17, 15) is 25.0 Å². The van der Waals surface area contributed by atoms with E-state index in [2.05, 4.69) is 0 Å². The minimum absolute atomic E-state index is 0.0441. The number of hydrogen-bond acceptors (Lipinski definition) is 7. The Hall–Kier alpha value is -3.31. The maximum atomic E-state index is 12.4. The molecule has 1 amide bonds. The van der Waals surface area contributed by atoms with Crippen LogP contribution in [0.25, 0.3) is 0 Å². The van der Waals surface area contributed by atoms with Crippen molar-refractivity contribution in [2.75, 3.05) is 13.1 Å². The lowest BCUT2D eigenvalue weighted by atomic mass is 9.82. The second-order valence-corrected chi connectivity index (χ2v) is 6.65. The zero-order chi connectivity index (χ0) is 21.1. The largest absolute Gasteiger partial charge is 0.507 e. The van der Waals surface area contributed by atoms with Crippen LogP contribution in [0.15, 0.2) is 36.5 Å². The Morgan fingerprint density at radius 3 is 2.55 bits per heavy atom. The number of aromatic hydroxyl groups is 1. The fourth-order valence-corrected chi connectivity index (χ4v) is 3.03. The Labute approximate surface area is 165 Å². The van der Waals surface area contributed by atoms with Crippen molar-refractivity contribution >= 4 is 19.0 Å². The maximum absolute atomic E-state index is 12.4. The number of carboxylic acids is 1. The molecule has 1 aromatic heterocycles. The number of aromatic nitrogens is 1. The van der Waals surface area contributed by atoms with Crippen molar-refractivity contribution in [3.63, 3.8) is 0 Å². The third-order valence-electron chi connectivity index (χ3n) is 4.60. The molecule has 0 spiro atoms. The van der Waals surface area contributed by atoms with Crippen LogP contribution in [0.5, 0.6) is 11.5 Å². The van der Waals surface area contributed by atoms with Crippen LogP contribution in [0.3, 0.4) is 0 Å². The summed E-state index contributed by atoms with van der Waals surface area (Å²) < 4.78 is 6.37. The van der Waals surface area contributed by atoms with E-state index in [-0.39, 0.29) is 42.8 Å². The molecule has 11 heteroatoms. The Balaban J connectivity index is 1.68. The van der Waals surface area contributed by atoms with Crippen molar-refractivity contribution in [1.82, 2.24) is 4.90 Å². The highest BCUT2D eigenvalue weighted by Gasteiger charge is 2.37. The molecule has 3 rings (SSSR count). The van der Waals surface area contributed by atoms with Crippen LogP contribution < -0.4 is 9.47 Å². The van der Waals surface area contributed by atoms with Crippen molar-refractivity contribution in [2.45, 2.75) is 18.8 Å². The summed E-state index contributed by atoms with van der Waals surface area (Å²) in [6, 6.07) is 7.51. The number of carbonyl (C=O) groups excluding carboxylic acids is 1. The predicted octanol–water partition coefficient (Wildman–Crippen LogP) is -0.466. The minimum atomic E-state index is -1.57. The highest BCUT2D eigenvalue weighted by Crippen LogP contribution is 2.34. The zero-order valence-corrected chi connectivity index (χ0v) is 15.3.